The van der Waals surface area contributed by atoms with Crippen LogP contribution < -0.4 is 5.32 Å². The van der Waals surface area contributed by atoms with Crippen LogP contribution in [-0.2, 0) is 0 Å². The Morgan fingerprint density at radius 1 is 1.30 bits per heavy atom. The molecule has 3 heterocycles. The quantitative estimate of drug-likeness (QED) is 0.777. The van der Waals surface area contributed by atoms with Crippen molar-refractivity contribution in [1.82, 2.24) is 5.32 Å². The topological polar surface area (TPSA) is 58.5 Å². The molecule has 124 valence electrons. The predicted molar refractivity (Wildman–Crippen MR) is 88.8 cm³/mol. The first-order valence-corrected chi connectivity index (χ1v) is 8.34. The van der Waals surface area contributed by atoms with E-state index in [1.165, 1.54) is 0 Å². The number of hydrogen-bond acceptors (Lipinski definition) is 4. The molecule has 3 rings (SSSR count). The van der Waals surface area contributed by atoms with Crippen LogP contribution in [0.15, 0.2) is 58.3 Å². The highest BCUT2D eigenvalue weighted by atomic mass is 16.3. The third-order valence-corrected chi connectivity index (χ3v) is 4.86. The van der Waals surface area contributed by atoms with Gasteiger partial charge in [-0.3, -0.25) is 5.32 Å². The van der Waals surface area contributed by atoms with E-state index < -0.39 is 5.60 Å². The highest BCUT2D eigenvalue weighted by molar-refractivity contribution is 5.17. The third-order valence-electron chi connectivity index (χ3n) is 4.86. The molecule has 2 N–H and O–H groups in total. The molecule has 0 spiro atoms. The molecule has 0 aliphatic carbocycles. The molecular formula is C19H25NO3. The van der Waals surface area contributed by atoms with E-state index in [0.717, 1.165) is 24.4 Å². The van der Waals surface area contributed by atoms with E-state index in [2.05, 4.69) is 18.8 Å². The average molecular weight is 315 g/mol. The van der Waals surface area contributed by atoms with Crippen molar-refractivity contribution >= 4 is 0 Å². The van der Waals surface area contributed by atoms with Crippen LogP contribution in [0.4, 0.5) is 0 Å². The van der Waals surface area contributed by atoms with Gasteiger partial charge in [0, 0.05) is 5.92 Å². The molecule has 0 aromatic carbocycles. The van der Waals surface area contributed by atoms with Gasteiger partial charge in [-0.05, 0) is 43.5 Å². The summed E-state index contributed by atoms with van der Waals surface area (Å²) in [6.07, 6.45) is 8.27. The Hall–Kier alpha value is -1.78. The molecule has 0 bridgehead atoms. The molecule has 0 radical (unpaired) electrons. The average Bonchev–Trinajstić information content (AvgIpc) is 3.22. The molecule has 2 aromatic rings. The Labute approximate surface area is 137 Å². The largest absolute Gasteiger partial charge is 0.468 e. The van der Waals surface area contributed by atoms with Crippen LogP contribution in [0.25, 0.3) is 0 Å². The summed E-state index contributed by atoms with van der Waals surface area (Å²) in [6, 6.07) is 7.61. The van der Waals surface area contributed by atoms with E-state index in [4.69, 9.17) is 8.83 Å². The third kappa shape index (κ3) is 3.14. The monoisotopic (exact) mass is 315 g/mol. The highest BCUT2D eigenvalue weighted by Gasteiger charge is 2.48. The molecule has 1 aliphatic rings. The lowest BCUT2D eigenvalue weighted by atomic mass is 9.69. The van der Waals surface area contributed by atoms with Crippen LogP contribution in [0.3, 0.4) is 0 Å². The fourth-order valence-corrected chi connectivity index (χ4v) is 3.86. The minimum absolute atomic E-state index is 0.0428. The molecule has 4 heteroatoms. The first-order chi connectivity index (χ1) is 11.2. The SMILES string of the molecule is C=CC[C@@]1(O)C[C@@H](c2ccco2)N[C@@H](c2ccco2)[C@@H]1CCC. The Bertz CT molecular complexity index is 605. The van der Waals surface area contributed by atoms with E-state index in [0.29, 0.717) is 12.8 Å². The molecule has 23 heavy (non-hydrogen) atoms. The Morgan fingerprint density at radius 3 is 2.57 bits per heavy atom. The van der Waals surface area contributed by atoms with Crippen molar-refractivity contribution in [3.05, 3.63) is 61.0 Å². The maximum absolute atomic E-state index is 11.4. The van der Waals surface area contributed by atoms with Crippen molar-refractivity contribution in [1.29, 1.82) is 0 Å². The standard InChI is InChI=1S/C19H25NO3/c1-3-7-14-18(17-9-6-12-23-17)20-15(16-8-5-11-22-16)13-19(14,21)10-4-2/h4-6,8-9,11-12,14-15,18,20-21H,2-3,7,10,13H2,1H3/t14-,15-,18+,19+/m0/s1. The zero-order valence-electron chi connectivity index (χ0n) is 13.6. The van der Waals surface area contributed by atoms with Crippen molar-refractivity contribution < 1.29 is 13.9 Å². The van der Waals surface area contributed by atoms with Gasteiger partial charge in [0.05, 0.1) is 30.2 Å². The Kier molecular flexibility index (Phi) is 4.74. The lowest BCUT2D eigenvalue weighted by Crippen LogP contribution is -2.52. The van der Waals surface area contributed by atoms with Gasteiger partial charge in [0.15, 0.2) is 0 Å². The summed E-state index contributed by atoms with van der Waals surface area (Å²) in [4.78, 5) is 0. The second-order valence-corrected chi connectivity index (χ2v) is 6.42. The minimum atomic E-state index is -0.822. The van der Waals surface area contributed by atoms with Crippen molar-refractivity contribution in [2.24, 2.45) is 5.92 Å². The lowest BCUT2D eigenvalue weighted by Gasteiger charge is -2.47. The lowest BCUT2D eigenvalue weighted by molar-refractivity contribution is -0.0815. The maximum Gasteiger partial charge on any atom is 0.121 e. The summed E-state index contributed by atoms with van der Waals surface area (Å²) in [6.45, 7) is 5.99. The Morgan fingerprint density at radius 2 is 2.00 bits per heavy atom. The van der Waals surface area contributed by atoms with E-state index in [9.17, 15) is 5.11 Å². The molecule has 2 aromatic heterocycles. The molecule has 1 saturated heterocycles. The van der Waals surface area contributed by atoms with Gasteiger partial charge in [-0.1, -0.05) is 19.4 Å². The fraction of sp³-hybridized carbons (Fsp3) is 0.474. The highest BCUT2D eigenvalue weighted by Crippen LogP contribution is 2.47. The predicted octanol–water partition coefficient (Wildman–Crippen LogP) is 4.37. The fourth-order valence-electron chi connectivity index (χ4n) is 3.86. The van der Waals surface area contributed by atoms with Crippen LogP contribution in [0.1, 0.15) is 56.2 Å². The number of furan rings is 2. The summed E-state index contributed by atoms with van der Waals surface area (Å²) in [5, 5.41) is 15.0. The first kappa shape index (κ1) is 16.1. The minimum Gasteiger partial charge on any atom is -0.468 e. The van der Waals surface area contributed by atoms with Gasteiger partial charge in [0.25, 0.3) is 0 Å². The van der Waals surface area contributed by atoms with Crippen molar-refractivity contribution in [2.75, 3.05) is 0 Å². The molecule has 0 saturated carbocycles. The molecule has 1 fully saturated rings. The van der Waals surface area contributed by atoms with Gasteiger partial charge >= 0.3 is 0 Å². The number of piperidine rings is 1. The smallest absolute Gasteiger partial charge is 0.121 e. The summed E-state index contributed by atoms with van der Waals surface area (Å²) in [5.74, 6) is 1.78. The van der Waals surface area contributed by atoms with Gasteiger partial charge < -0.3 is 13.9 Å². The molecule has 4 atom stereocenters. The van der Waals surface area contributed by atoms with Crippen molar-refractivity contribution in [3.8, 4) is 0 Å². The summed E-state index contributed by atoms with van der Waals surface area (Å²) >= 11 is 0. The maximum atomic E-state index is 11.4. The molecule has 1 aliphatic heterocycles. The number of hydrogen-bond donors (Lipinski definition) is 2. The van der Waals surface area contributed by atoms with Crippen LogP contribution in [-0.4, -0.2) is 10.7 Å². The van der Waals surface area contributed by atoms with Crippen molar-refractivity contribution in [2.45, 2.75) is 50.3 Å². The van der Waals surface area contributed by atoms with E-state index in [1.54, 1.807) is 12.5 Å². The second-order valence-electron chi connectivity index (χ2n) is 6.42. The summed E-state index contributed by atoms with van der Waals surface area (Å²) in [7, 11) is 0. The number of rotatable bonds is 6. The van der Waals surface area contributed by atoms with Gasteiger partial charge in [-0.25, -0.2) is 0 Å². The number of nitrogens with one attached hydrogen (secondary N) is 1. The molecule has 0 amide bonds. The van der Waals surface area contributed by atoms with Gasteiger partial charge in [0.2, 0.25) is 0 Å². The zero-order valence-corrected chi connectivity index (χ0v) is 13.6. The number of aliphatic hydroxyl groups is 1. The van der Waals surface area contributed by atoms with Crippen LogP contribution in [0, 0.1) is 5.92 Å². The van der Waals surface area contributed by atoms with Gasteiger partial charge in [-0.15, -0.1) is 6.58 Å². The van der Waals surface area contributed by atoms with Crippen LogP contribution >= 0.6 is 0 Å². The molecule has 0 unspecified atom stereocenters. The van der Waals surface area contributed by atoms with Crippen LogP contribution in [0.5, 0.6) is 0 Å². The molecular weight excluding hydrogens is 290 g/mol. The van der Waals surface area contributed by atoms with Gasteiger partial charge in [0.1, 0.15) is 11.5 Å². The Balaban J connectivity index is 1.97. The summed E-state index contributed by atoms with van der Waals surface area (Å²) < 4.78 is 11.2. The van der Waals surface area contributed by atoms with E-state index >= 15 is 0 Å². The zero-order chi connectivity index (χ0) is 16.3. The summed E-state index contributed by atoms with van der Waals surface area (Å²) in [5.41, 5.74) is -0.822. The second kappa shape index (κ2) is 6.77. The molecule has 4 nitrogen and oxygen atoms in total. The van der Waals surface area contributed by atoms with Gasteiger partial charge in [-0.2, -0.15) is 0 Å². The van der Waals surface area contributed by atoms with E-state index in [1.807, 2.05) is 30.3 Å². The van der Waals surface area contributed by atoms with Crippen LogP contribution in [0.2, 0.25) is 0 Å². The first-order valence-electron chi connectivity index (χ1n) is 8.34. The van der Waals surface area contributed by atoms with Crippen molar-refractivity contribution in [3.63, 3.8) is 0 Å². The normalized spacial score (nSPS) is 31.1. The van der Waals surface area contributed by atoms with E-state index in [-0.39, 0.29) is 18.0 Å².